The first-order valence-corrected chi connectivity index (χ1v) is 22.5. The minimum Gasteiger partial charge on any atom is -0.539 e. The van der Waals surface area contributed by atoms with Crippen LogP contribution in [0.3, 0.4) is 0 Å². The average molecular weight is 764 g/mol. The summed E-state index contributed by atoms with van der Waals surface area (Å²) in [6.07, 6.45) is 2.34. The smallest absolute Gasteiger partial charge is 0.492 e. The summed E-state index contributed by atoms with van der Waals surface area (Å²) in [5.41, 5.74) is 5.53. The molecule has 0 aliphatic carbocycles. The Balaban J connectivity index is 5.27. The number of nitrogens with one attached hydrogen (secondary N) is 2. The second-order valence-corrected chi connectivity index (χ2v) is 17.3. The lowest BCUT2D eigenvalue weighted by Crippen LogP contribution is -2.47. The molecule has 4 atom stereocenters. The molecule has 0 saturated heterocycles. The number of hydrogen-bond donors (Lipinski definition) is 12. The van der Waals surface area contributed by atoms with E-state index in [1.807, 2.05) is 4.90 Å². The summed E-state index contributed by atoms with van der Waals surface area (Å²) in [5, 5.41) is 39.0. The second kappa shape index (κ2) is 31.1. The van der Waals surface area contributed by atoms with Crippen LogP contribution >= 0.6 is 0 Å². The second-order valence-electron chi connectivity index (χ2n) is 13.2. The maximum atomic E-state index is 10.9. The minimum atomic E-state index is -4.15. The quantitative estimate of drug-likeness (QED) is 0.0218. The number of nitrogens with two attached hydrogens (primary N) is 1. The Bertz CT molecular complexity index is 730. The normalized spacial score (nSPS) is 15.2. The molecule has 19 heteroatoms. The molecule has 0 aliphatic heterocycles. The van der Waals surface area contributed by atoms with Crippen molar-refractivity contribution in [2.45, 2.75) is 82.8 Å². The predicted molar refractivity (Wildman–Crippen MR) is 195 cm³/mol. The molecule has 0 heterocycles. The molecule has 50 heavy (non-hydrogen) atoms. The fourth-order valence-corrected chi connectivity index (χ4v) is 6.42. The molecule has 303 valence electrons. The molecule has 0 aromatic carbocycles. The first kappa shape index (κ1) is 49.8. The average Bonchev–Trinajstić information content (AvgIpc) is 3.03. The summed E-state index contributed by atoms with van der Waals surface area (Å²) >= 11 is 0. The van der Waals surface area contributed by atoms with E-state index in [1.165, 1.54) is 0 Å². The van der Waals surface area contributed by atoms with Crippen LogP contribution in [0.15, 0.2) is 0 Å². The monoisotopic (exact) mass is 763 g/mol. The van der Waals surface area contributed by atoms with Gasteiger partial charge in [-0.1, -0.05) is 45.6 Å². The van der Waals surface area contributed by atoms with Crippen LogP contribution in [0.25, 0.3) is 0 Å². The number of unbranched alkanes of at least 4 members (excludes halogenated alkanes) is 1. The van der Waals surface area contributed by atoms with Crippen molar-refractivity contribution in [2.24, 2.45) is 11.7 Å². The van der Waals surface area contributed by atoms with Crippen molar-refractivity contribution in [3.05, 3.63) is 0 Å². The van der Waals surface area contributed by atoms with Crippen molar-refractivity contribution in [1.29, 1.82) is 0 Å². The summed E-state index contributed by atoms with van der Waals surface area (Å²) in [7, 11) is -8.29. The largest absolute Gasteiger partial charge is 0.539 e. The summed E-state index contributed by atoms with van der Waals surface area (Å²) in [6, 6.07) is -0.327. The van der Waals surface area contributed by atoms with Crippen molar-refractivity contribution in [3.8, 4) is 0 Å². The molecule has 0 saturated carbocycles. The van der Waals surface area contributed by atoms with E-state index in [1.54, 1.807) is 0 Å². The van der Waals surface area contributed by atoms with Crippen LogP contribution in [0, 0.1) is 5.92 Å². The Hall–Kier alpha value is -0.246. The Kier molecular flexibility index (Phi) is 31.0. The van der Waals surface area contributed by atoms with Gasteiger partial charge in [0.1, 0.15) is 0 Å². The Morgan fingerprint density at radius 1 is 0.680 bits per heavy atom. The Morgan fingerprint density at radius 3 is 1.76 bits per heavy atom. The molecule has 0 bridgehead atoms. The van der Waals surface area contributed by atoms with Crippen LogP contribution in [-0.2, 0) is 14.2 Å². The summed E-state index contributed by atoms with van der Waals surface area (Å²) in [4.78, 5) is 59.0. The summed E-state index contributed by atoms with van der Waals surface area (Å²) in [5.74, 6) is 0.471. The fourth-order valence-electron chi connectivity index (χ4n) is 5.18. The molecule has 0 amide bonds. The maximum absolute atomic E-state index is 10.9. The van der Waals surface area contributed by atoms with E-state index in [4.69, 9.17) is 48.7 Å². The zero-order valence-corrected chi connectivity index (χ0v) is 32.7. The third kappa shape index (κ3) is 33.6. The van der Waals surface area contributed by atoms with Crippen LogP contribution in [0.4, 0.5) is 0 Å². The first-order chi connectivity index (χ1) is 23.7. The van der Waals surface area contributed by atoms with Gasteiger partial charge in [0.25, 0.3) is 8.80 Å². The summed E-state index contributed by atoms with van der Waals surface area (Å²) < 4.78 is 16.8. The lowest BCUT2D eigenvalue weighted by Gasteiger charge is -2.31. The van der Waals surface area contributed by atoms with Crippen LogP contribution in [-0.4, -0.2) is 201 Å². The summed E-state index contributed by atoms with van der Waals surface area (Å²) in [6.45, 7) is 11.2. The third-order valence-corrected chi connectivity index (χ3v) is 10.0. The van der Waals surface area contributed by atoms with Gasteiger partial charge in [-0.25, -0.2) is 0 Å². The van der Waals surface area contributed by atoms with Gasteiger partial charge in [-0.15, -0.1) is 0 Å². The van der Waals surface area contributed by atoms with Crippen LogP contribution < -0.4 is 16.4 Å². The maximum Gasteiger partial charge on any atom is 0.492 e. The zero-order valence-electron chi connectivity index (χ0n) is 30.7. The number of aliphatic hydroxyl groups excluding tert-OH is 3. The number of aliphatic hydroxyl groups is 3. The molecular weight excluding hydrogens is 691 g/mol. The van der Waals surface area contributed by atoms with Gasteiger partial charge in [-0.2, -0.15) is 0 Å². The Labute approximate surface area is 302 Å². The highest BCUT2D eigenvalue weighted by Crippen LogP contribution is 2.13. The lowest BCUT2D eigenvalue weighted by molar-refractivity contribution is -0.0164. The number of nitrogens with zero attached hydrogens (tertiary/aromatic N) is 2. The van der Waals surface area contributed by atoms with Crippen molar-refractivity contribution in [3.63, 3.8) is 0 Å². The van der Waals surface area contributed by atoms with Gasteiger partial charge in [-0.05, 0) is 18.8 Å². The highest BCUT2D eigenvalue weighted by Gasteiger charge is 2.26. The van der Waals surface area contributed by atoms with Gasteiger partial charge in [-0.3, -0.25) is 9.80 Å². The predicted octanol–water partition coefficient (Wildman–Crippen LogP) is -3.31. The highest BCUT2D eigenvalue weighted by molar-refractivity contribution is 6.56. The van der Waals surface area contributed by atoms with Crippen LogP contribution in [0.2, 0.25) is 12.1 Å². The Morgan fingerprint density at radius 2 is 1.22 bits per heavy atom. The van der Waals surface area contributed by atoms with E-state index < -0.39 is 35.9 Å². The molecule has 0 fully saturated rings. The van der Waals surface area contributed by atoms with E-state index in [2.05, 4.69) is 29.4 Å². The molecule has 17 nitrogen and oxygen atoms in total. The van der Waals surface area contributed by atoms with Gasteiger partial charge >= 0.3 is 8.80 Å². The van der Waals surface area contributed by atoms with Gasteiger partial charge in [0.2, 0.25) is 0 Å². The van der Waals surface area contributed by atoms with Gasteiger partial charge < -0.3 is 74.7 Å². The molecule has 0 rings (SSSR count). The third-order valence-electron chi connectivity index (χ3n) is 7.97. The van der Waals surface area contributed by atoms with E-state index in [0.717, 1.165) is 45.3 Å². The van der Waals surface area contributed by atoms with E-state index >= 15 is 0 Å². The van der Waals surface area contributed by atoms with E-state index in [9.17, 15) is 15.3 Å². The standard InChI is InChI=1S/C31H73N5O12Si2/c1-3-5-8-28(4-2)24-48-27-29(37)21-35(14-13-34-12-11-33-10-9-32)15-16-36(22-30(38)25-46-17-6-19-49(40,41)42)23-31(39)26-47-18-7-20-50(43,44)45/h28-31,33-34,37-45H,3-27,32H2,1-2H3/q-1. The van der Waals surface area contributed by atoms with Gasteiger partial charge in [0, 0.05) is 97.9 Å². The van der Waals surface area contributed by atoms with Gasteiger partial charge in [0.05, 0.1) is 38.1 Å². The molecule has 0 aliphatic rings. The molecular formula is C31H73N5O12Si2-. The number of ether oxygens (including phenoxy) is 3. The molecule has 0 spiro atoms. The number of hydrogen-bond acceptors (Lipinski definition) is 17. The van der Waals surface area contributed by atoms with E-state index in [0.29, 0.717) is 51.8 Å². The molecule has 4 unspecified atom stereocenters. The van der Waals surface area contributed by atoms with Crippen molar-refractivity contribution < 1.29 is 58.3 Å². The van der Waals surface area contributed by atoms with Crippen molar-refractivity contribution in [2.75, 3.05) is 112 Å². The fraction of sp³-hybridized carbons (Fsp3) is 1.00. The SMILES string of the molecule is CCCCC(CC)COCC(O)CN(CCNCCNCCN)CCN(CC(O)COCCC[Si](O)(O)O)CC(O)COCCC[Si-](O)(O)O. The minimum absolute atomic E-state index is 0.0338. The number of rotatable bonds is 37. The van der Waals surface area contributed by atoms with E-state index in [-0.39, 0.29) is 71.1 Å². The highest BCUT2D eigenvalue weighted by atomic mass is 28.4. The topological polar surface area (TPSA) is 266 Å². The van der Waals surface area contributed by atoms with Gasteiger partial charge in [0.15, 0.2) is 0 Å². The molecule has 0 radical (unpaired) electrons. The van der Waals surface area contributed by atoms with Crippen molar-refractivity contribution in [1.82, 2.24) is 20.4 Å². The van der Waals surface area contributed by atoms with Crippen LogP contribution in [0.1, 0.15) is 52.4 Å². The zero-order chi connectivity index (χ0) is 37.7. The molecule has 0 aromatic heterocycles. The molecule has 13 N–H and O–H groups in total. The molecule has 0 aromatic rings. The first-order valence-electron chi connectivity index (χ1n) is 18.4. The van der Waals surface area contributed by atoms with Crippen LogP contribution in [0.5, 0.6) is 0 Å². The lowest BCUT2D eigenvalue weighted by atomic mass is 10.0. The van der Waals surface area contributed by atoms with Crippen molar-refractivity contribution >= 4 is 17.6 Å².